The molecule has 3 N–H and O–H groups in total. The summed E-state index contributed by atoms with van der Waals surface area (Å²) in [5, 5.41) is 3.11. The van der Waals surface area contributed by atoms with Crippen molar-refractivity contribution in [2.75, 3.05) is 18.2 Å². The molecule has 5 nitrogen and oxygen atoms in total. The van der Waals surface area contributed by atoms with Crippen LogP contribution in [0.5, 0.6) is 5.75 Å². The molecular weight excluding hydrogens is 284 g/mol. The van der Waals surface area contributed by atoms with Gasteiger partial charge in [-0.3, -0.25) is 0 Å². The maximum atomic E-state index is 5.75. The molecule has 0 unspecified atom stereocenters. The van der Waals surface area contributed by atoms with Crippen molar-refractivity contribution in [1.82, 2.24) is 9.97 Å². The summed E-state index contributed by atoms with van der Waals surface area (Å²) in [5.74, 6) is 1.32. The Hall–Kier alpha value is -1.82. The highest BCUT2D eigenvalue weighted by molar-refractivity contribution is 9.10. The van der Waals surface area contributed by atoms with Crippen molar-refractivity contribution in [2.45, 2.75) is 0 Å². The molecule has 0 aliphatic rings. The molecule has 0 aliphatic carbocycles. The Kier molecular flexibility index (Phi) is 3.43. The Morgan fingerprint density at radius 2 is 2.24 bits per heavy atom. The summed E-state index contributed by atoms with van der Waals surface area (Å²) in [6, 6.07) is 5.60. The van der Waals surface area contributed by atoms with Crippen LogP contribution < -0.4 is 15.8 Å². The van der Waals surface area contributed by atoms with Crippen LogP contribution in [0.25, 0.3) is 0 Å². The zero-order valence-electron chi connectivity index (χ0n) is 9.14. The van der Waals surface area contributed by atoms with Crippen LogP contribution in [0.3, 0.4) is 0 Å². The third kappa shape index (κ3) is 2.65. The molecule has 0 spiro atoms. The van der Waals surface area contributed by atoms with Gasteiger partial charge in [-0.15, -0.1) is 0 Å². The van der Waals surface area contributed by atoms with Crippen LogP contribution in [-0.2, 0) is 0 Å². The smallest absolute Gasteiger partial charge is 0.157 e. The van der Waals surface area contributed by atoms with Crippen LogP contribution in [0.2, 0.25) is 0 Å². The molecule has 0 aliphatic heterocycles. The zero-order valence-corrected chi connectivity index (χ0v) is 10.7. The van der Waals surface area contributed by atoms with Crippen molar-refractivity contribution < 1.29 is 4.74 Å². The summed E-state index contributed by atoms with van der Waals surface area (Å²) in [7, 11) is 1.62. The first-order valence-corrected chi connectivity index (χ1v) is 5.66. The molecule has 2 aromatic rings. The number of benzene rings is 1. The number of rotatable bonds is 3. The van der Waals surface area contributed by atoms with E-state index in [-0.39, 0.29) is 0 Å². The maximum Gasteiger partial charge on any atom is 0.157 e. The lowest BCUT2D eigenvalue weighted by molar-refractivity contribution is 0.415. The number of nitrogens with zero attached hydrogens (tertiary/aromatic N) is 2. The highest BCUT2D eigenvalue weighted by Crippen LogP contribution is 2.30. The number of nitrogens with one attached hydrogen (secondary N) is 1. The van der Waals surface area contributed by atoms with E-state index < -0.39 is 0 Å². The first-order valence-electron chi connectivity index (χ1n) is 4.86. The Morgan fingerprint density at radius 1 is 1.41 bits per heavy atom. The second-order valence-electron chi connectivity index (χ2n) is 3.30. The third-order valence-corrected chi connectivity index (χ3v) is 2.86. The van der Waals surface area contributed by atoms with Gasteiger partial charge < -0.3 is 15.8 Å². The molecule has 6 heteroatoms. The predicted molar refractivity (Wildman–Crippen MR) is 70.4 cm³/mol. The number of nitrogens with two attached hydrogens (primary N) is 1. The Balaban J connectivity index is 2.32. The molecule has 2 rings (SSSR count). The van der Waals surface area contributed by atoms with E-state index in [1.165, 1.54) is 6.33 Å². The highest BCUT2D eigenvalue weighted by atomic mass is 79.9. The molecule has 17 heavy (non-hydrogen) atoms. The number of hydrogen-bond acceptors (Lipinski definition) is 5. The van der Waals surface area contributed by atoms with Crippen molar-refractivity contribution in [2.24, 2.45) is 0 Å². The summed E-state index contributed by atoms with van der Waals surface area (Å²) in [6.07, 6.45) is 2.98. The molecule has 88 valence electrons. The van der Waals surface area contributed by atoms with E-state index in [9.17, 15) is 0 Å². The molecule has 0 saturated heterocycles. The largest absolute Gasteiger partial charge is 0.497 e. The normalized spacial score (nSPS) is 10.0. The van der Waals surface area contributed by atoms with E-state index in [4.69, 9.17) is 10.5 Å². The molecule has 0 atom stereocenters. The molecular formula is C11H11BrN4O. The van der Waals surface area contributed by atoms with Crippen LogP contribution in [0.15, 0.2) is 35.2 Å². The van der Waals surface area contributed by atoms with Crippen molar-refractivity contribution in [3.63, 3.8) is 0 Å². The number of hydrogen-bond donors (Lipinski definition) is 2. The average Bonchev–Trinajstić information content (AvgIpc) is 2.35. The molecule has 1 aromatic carbocycles. The summed E-state index contributed by atoms with van der Waals surface area (Å²) in [4.78, 5) is 7.89. The third-order valence-electron chi connectivity index (χ3n) is 2.17. The SMILES string of the molecule is COc1ccc(Br)c(Nc2ncncc2N)c1. The fraction of sp³-hybridized carbons (Fsp3) is 0.0909. The van der Waals surface area contributed by atoms with Gasteiger partial charge in [-0.2, -0.15) is 0 Å². The monoisotopic (exact) mass is 294 g/mol. The van der Waals surface area contributed by atoms with Crippen LogP contribution in [0.4, 0.5) is 17.2 Å². The number of halogens is 1. The van der Waals surface area contributed by atoms with E-state index in [0.717, 1.165) is 15.9 Å². The summed E-state index contributed by atoms with van der Waals surface area (Å²) >= 11 is 3.44. The quantitative estimate of drug-likeness (QED) is 0.910. The Labute approximate surface area is 107 Å². The average molecular weight is 295 g/mol. The van der Waals surface area contributed by atoms with Gasteiger partial charge in [0.15, 0.2) is 5.82 Å². The number of anilines is 3. The van der Waals surface area contributed by atoms with Gasteiger partial charge in [0, 0.05) is 10.5 Å². The summed E-state index contributed by atoms with van der Waals surface area (Å²) in [6.45, 7) is 0. The van der Waals surface area contributed by atoms with Gasteiger partial charge in [-0.25, -0.2) is 9.97 Å². The maximum absolute atomic E-state index is 5.75. The van der Waals surface area contributed by atoms with Crippen molar-refractivity contribution in [3.8, 4) is 5.75 Å². The van der Waals surface area contributed by atoms with Gasteiger partial charge in [0.2, 0.25) is 0 Å². The zero-order chi connectivity index (χ0) is 12.3. The lowest BCUT2D eigenvalue weighted by atomic mass is 10.3. The fourth-order valence-corrected chi connectivity index (χ4v) is 1.65. The highest BCUT2D eigenvalue weighted by Gasteiger charge is 2.05. The van der Waals surface area contributed by atoms with Crippen molar-refractivity contribution in [1.29, 1.82) is 0 Å². The molecule has 0 radical (unpaired) electrons. The number of aromatic nitrogens is 2. The lowest BCUT2D eigenvalue weighted by Crippen LogP contribution is -2.00. The number of methoxy groups -OCH3 is 1. The molecule has 0 amide bonds. The topological polar surface area (TPSA) is 73.1 Å². The minimum atomic E-state index is 0.488. The van der Waals surface area contributed by atoms with Gasteiger partial charge >= 0.3 is 0 Å². The van der Waals surface area contributed by atoms with Gasteiger partial charge in [0.05, 0.1) is 24.7 Å². The van der Waals surface area contributed by atoms with E-state index in [0.29, 0.717) is 11.5 Å². The van der Waals surface area contributed by atoms with Crippen LogP contribution in [0.1, 0.15) is 0 Å². The predicted octanol–water partition coefficient (Wildman–Crippen LogP) is 2.57. The molecule has 1 heterocycles. The Morgan fingerprint density at radius 3 is 2.94 bits per heavy atom. The van der Waals surface area contributed by atoms with E-state index in [1.807, 2.05) is 18.2 Å². The van der Waals surface area contributed by atoms with Crippen LogP contribution in [-0.4, -0.2) is 17.1 Å². The molecule has 1 aromatic heterocycles. The minimum Gasteiger partial charge on any atom is -0.497 e. The summed E-state index contributed by atoms with van der Waals surface area (Å²) < 4.78 is 6.05. The fourth-order valence-electron chi connectivity index (χ4n) is 1.30. The van der Waals surface area contributed by atoms with Gasteiger partial charge in [-0.05, 0) is 28.1 Å². The number of ether oxygens (including phenoxy) is 1. The van der Waals surface area contributed by atoms with Crippen molar-refractivity contribution >= 4 is 33.1 Å². The van der Waals surface area contributed by atoms with Gasteiger partial charge in [-0.1, -0.05) is 0 Å². The molecule has 0 fully saturated rings. The van der Waals surface area contributed by atoms with E-state index in [1.54, 1.807) is 13.3 Å². The first kappa shape index (κ1) is 11.7. The second-order valence-corrected chi connectivity index (χ2v) is 4.15. The van der Waals surface area contributed by atoms with E-state index >= 15 is 0 Å². The van der Waals surface area contributed by atoms with Gasteiger partial charge in [0.1, 0.15) is 12.1 Å². The first-order chi connectivity index (χ1) is 8.20. The summed E-state index contributed by atoms with van der Waals surface area (Å²) in [5.41, 5.74) is 7.07. The minimum absolute atomic E-state index is 0.488. The van der Waals surface area contributed by atoms with E-state index in [2.05, 4.69) is 31.2 Å². The molecule has 0 bridgehead atoms. The van der Waals surface area contributed by atoms with Crippen LogP contribution >= 0.6 is 15.9 Å². The second kappa shape index (κ2) is 5.01. The van der Waals surface area contributed by atoms with Gasteiger partial charge in [0.25, 0.3) is 0 Å². The Bertz CT molecular complexity index is 533. The molecule has 0 saturated carbocycles. The van der Waals surface area contributed by atoms with Crippen LogP contribution in [0, 0.1) is 0 Å². The number of nitrogen functional groups attached to an aromatic ring is 1. The lowest BCUT2D eigenvalue weighted by Gasteiger charge is -2.10. The standard InChI is InChI=1S/C11H11BrN4O/c1-17-7-2-3-8(12)10(4-7)16-11-9(13)5-14-6-15-11/h2-6H,13H2,1H3,(H,14,15,16). The van der Waals surface area contributed by atoms with Crippen molar-refractivity contribution in [3.05, 3.63) is 35.2 Å².